The van der Waals surface area contributed by atoms with Gasteiger partial charge in [-0.25, -0.2) is 13.1 Å². The average Bonchev–Trinajstić information content (AvgIpc) is 2.91. The van der Waals surface area contributed by atoms with Gasteiger partial charge in [0.05, 0.1) is 13.7 Å². The number of nitrogens with one attached hydrogen (secondary N) is 2. The predicted octanol–water partition coefficient (Wildman–Crippen LogP) is 0.895. The number of nitrogens with zero attached hydrogens (tertiary/aromatic N) is 1. The number of aryl methyl sites for hydroxylation is 2. The highest BCUT2D eigenvalue weighted by Gasteiger charge is 2.24. The normalized spacial score (nSPS) is 11.3. The Bertz CT molecular complexity index is 793. The summed E-state index contributed by atoms with van der Waals surface area (Å²) in [7, 11) is -2.28. The molecular weight excluding hydrogens is 334 g/mol. The lowest BCUT2D eigenvalue weighted by molar-refractivity contribution is -0.120. The second-order valence-electron chi connectivity index (χ2n) is 5.10. The van der Waals surface area contributed by atoms with Gasteiger partial charge in [-0.15, -0.1) is 0 Å². The van der Waals surface area contributed by atoms with Crippen LogP contribution in [0.5, 0.6) is 5.75 Å². The van der Waals surface area contributed by atoms with E-state index in [1.165, 1.54) is 13.8 Å². The van der Waals surface area contributed by atoms with Gasteiger partial charge in [0.2, 0.25) is 15.9 Å². The fourth-order valence-corrected chi connectivity index (χ4v) is 3.40. The fourth-order valence-electron chi connectivity index (χ4n) is 2.10. The molecule has 1 aromatic carbocycles. The topological polar surface area (TPSA) is 111 Å². The van der Waals surface area contributed by atoms with E-state index in [9.17, 15) is 13.2 Å². The van der Waals surface area contributed by atoms with Crippen LogP contribution in [0.4, 0.5) is 0 Å². The predicted molar refractivity (Wildman–Crippen MR) is 86.0 cm³/mol. The number of aromatic nitrogens is 1. The van der Waals surface area contributed by atoms with Crippen LogP contribution in [0, 0.1) is 13.8 Å². The maximum absolute atomic E-state index is 12.2. The van der Waals surface area contributed by atoms with Gasteiger partial charge in [0.15, 0.2) is 5.76 Å². The smallest absolute Gasteiger partial charge is 0.246 e. The summed E-state index contributed by atoms with van der Waals surface area (Å²) in [6, 6.07) is 7.18. The van der Waals surface area contributed by atoms with Gasteiger partial charge in [-0.1, -0.05) is 17.3 Å². The largest absolute Gasteiger partial charge is 0.497 e. The summed E-state index contributed by atoms with van der Waals surface area (Å²) in [6.45, 7) is 2.94. The molecule has 1 heterocycles. The average molecular weight is 353 g/mol. The highest BCUT2D eigenvalue weighted by atomic mass is 32.2. The van der Waals surface area contributed by atoms with Gasteiger partial charge in [0.25, 0.3) is 0 Å². The van der Waals surface area contributed by atoms with Gasteiger partial charge < -0.3 is 14.6 Å². The van der Waals surface area contributed by atoms with Crippen LogP contribution in [-0.4, -0.2) is 33.1 Å². The third-order valence-electron chi connectivity index (χ3n) is 3.31. The molecule has 8 nitrogen and oxygen atoms in total. The van der Waals surface area contributed by atoms with Gasteiger partial charge in [-0.2, -0.15) is 0 Å². The van der Waals surface area contributed by atoms with Crippen molar-refractivity contribution >= 4 is 15.9 Å². The zero-order valence-electron chi connectivity index (χ0n) is 13.6. The van der Waals surface area contributed by atoms with Crippen molar-refractivity contribution in [2.75, 3.05) is 13.7 Å². The maximum Gasteiger partial charge on any atom is 0.246 e. The monoisotopic (exact) mass is 353 g/mol. The molecule has 0 atom stereocenters. The van der Waals surface area contributed by atoms with E-state index in [0.29, 0.717) is 0 Å². The van der Waals surface area contributed by atoms with Gasteiger partial charge in [-0.05, 0) is 31.5 Å². The first-order chi connectivity index (χ1) is 11.3. The Hall–Kier alpha value is -2.39. The van der Waals surface area contributed by atoms with E-state index in [1.54, 1.807) is 19.2 Å². The van der Waals surface area contributed by atoms with Gasteiger partial charge >= 0.3 is 0 Å². The summed E-state index contributed by atoms with van der Waals surface area (Å²) in [4.78, 5) is 11.8. The molecule has 1 aromatic heterocycles. The first-order valence-corrected chi connectivity index (χ1v) is 8.64. The summed E-state index contributed by atoms with van der Waals surface area (Å²) in [5.41, 5.74) is 1.12. The zero-order chi connectivity index (χ0) is 17.7. The SMILES string of the molecule is COc1ccc(CNC(=O)CNS(=O)(=O)c2c(C)noc2C)cc1. The first kappa shape index (κ1) is 18.0. The third-order valence-corrected chi connectivity index (χ3v) is 4.95. The lowest BCUT2D eigenvalue weighted by Crippen LogP contribution is -2.36. The lowest BCUT2D eigenvalue weighted by Gasteiger charge is -2.08. The molecule has 0 radical (unpaired) electrons. The molecule has 9 heteroatoms. The van der Waals surface area contributed by atoms with Crippen molar-refractivity contribution in [3.63, 3.8) is 0 Å². The van der Waals surface area contributed by atoms with E-state index >= 15 is 0 Å². The van der Waals surface area contributed by atoms with E-state index in [0.717, 1.165) is 11.3 Å². The number of carbonyl (C=O) groups is 1. The van der Waals surface area contributed by atoms with E-state index < -0.39 is 15.9 Å². The zero-order valence-corrected chi connectivity index (χ0v) is 14.4. The molecule has 0 aliphatic rings. The molecule has 24 heavy (non-hydrogen) atoms. The number of rotatable bonds is 7. The Labute approximate surface area is 140 Å². The summed E-state index contributed by atoms with van der Waals surface area (Å²) in [5.74, 6) is 0.456. The van der Waals surface area contributed by atoms with Gasteiger partial charge in [0, 0.05) is 6.54 Å². The molecule has 2 aromatic rings. The van der Waals surface area contributed by atoms with Crippen molar-refractivity contribution in [1.29, 1.82) is 0 Å². The van der Waals surface area contributed by atoms with Crippen LogP contribution in [0.1, 0.15) is 17.0 Å². The second kappa shape index (κ2) is 7.45. The van der Waals surface area contributed by atoms with Gasteiger partial charge in [-0.3, -0.25) is 4.79 Å². The third kappa shape index (κ3) is 4.33. The van der Waals surface area contributed by atoms with Gasteiger partial charge in [0.1, 0.15) is 16.3 Å². The van der Waals surface area contributed by atoms with E-state index in [1.807, 2.05) is 12.1 Å². The molecule has 2 rings (SSSR count). The molecular formula is C15H19N3O5S. The molecule has 0 fully saturated rings. The quantitative estimate of drug-likeness (QED) is 0.765. The van der Waals surface area contributed by atoms with Crippen molar-refractivity contribution in [3.8, 4) is 5.75 Å². The minimum Gasteiger partial charge on any atom is -0.497 e. The second-order valence-corrected chi connectivity index (χ2v) is 6.81. The van der Waals surface area contributed by atoms with Crippen molar-refractivity contribution < 1.29 is 22.5 Å². The van der Waals surface area contributed by atoms with Crippen LogP contribution in [-0.2, 0) is 21.4 Å². The molecule has 0 unspecified atom stereocenters. The van der Waals surface area contributed by atoms with Crippen molar-refractivity contribution in [3.05, 3.63) is 41.3 Å². The molecule has 1 amide bonds. The summed E-state index contributed by atoms with van der Waals surface area (Å²) >= 11 is 0. The van der Waals surface area contributed by atoms with E-state index in [4.69, 9.17) is 9.26 Å². The Morgan fingerprint density at radius 1 is 1.25 bits per heavy atom. The van der Waals surface area contributed by atoms with E-state index in [-0.39, 0.29) is 29.4 Å². The van der Waals surface area contributed by atoms with Crippen molar-refractivity contribution in [1.82, 2.24) is 15.2 Å². The maximum atomic E-state index is 12.2. The molecule has 0 bridgehead atoms. The highest BCUT2D eigenvalue weighted by Crippen LogP contribution is 2.18. The molecule has 0 aliphatic carbocycles. The summed E-state index contributed by atoms with van der Waals surface area (Å²) < 4.78 is 36.5. The van der Waals surface area contributed by atoms with E-state index in [2.05, 4.69) is 15.2 Å². The minimum atomic E-state index is -3.85. The Kier molecular flexibility index (Phi) is 5.58. The molecule has 0 aliphatic heterocycles. The number of methoxy groups -OCH3 is 1. The Morgan fingerprint density at radius 2 is 1.92 bits per heavy atom. The van der Waals surface area contributed by atoms with Crippen LogP contribution in [0.25, 0.3) is 0 Å². The van der Waals surface area contributed by atoms with Crippen molar-refractivity contribution in [2.24, 2.45) is 0 Å². The number of hydrogen-bond acceptors (Lipinski definition) is 6. The molecule has 2 N–H and O–H groups in total. The molecule has 0 saturated carbocycles. The molecule has 0 saturated heterocycles. The number of benzene rings is 1. The highest BCUT2D eigenvalue weighted by molar-refractivity contribution is 7.89. The van der Waals surface area contributed by atoms with Crippen LogP contribution in [0.2, 0.25) is 0 Å². The van der Waals surface area contributed by atoms with Crippen LogP contribution >= 0.6 is 0 Å². The number of sulfonamides is 1. The Morgan fingerprint density at radius 3 is 2.46 bits per heavy atom. The summed E-state index contributed by atoms with van der Waals surface area (Å²) in [6.07, 6.45) is 0. The standard InChI is InChI=1S/C15H19N3O5S/c1-10-15(11(2)23-18-10)24(20,21)17-9-14(19)16-8-12-4-6-13(22-3)7-5-12/h4-7,17H,8-9H2,1-3H3,(H,16,19). The first-order valence-electron chi connectivity index (χ1n) is 7.15. The number of hydrogen-bond donors (Lipinski definition) is 2. The van der Waals surface area contributed by atoms with Crippen LogP contribution in [0.3, 0.4) is 0 Å². The minimum absolute atomic E-state index is 0.0366. The molecule has 0 spiro atoms. The number of amides is 1. The number of ether oxygens (including phenoxy) is 1. The number of carbonyl (C=O) groups excluding carboxylic acids is 1. The molecule has 130 valence electrons. The van der Waals surface area contributed by atoms with Crippen LogP contribution in [0.15, 0.2) is 33.7 Å². The summed E-state index contributed by atoms with van der Waals surface area (Å²) in [5, 5.41) is 6.23. The Balaban J connectivity index is 1.88. The van der Waals surface area contributed by atoms with Crippen LogP contribution < -0.4 is 14.8 Å². The van der Waals surface area contributed by atoms with Crippen molar-refractivity contribution in [2.45, 2.75) is 25.3 Å². The lowest BCUT2D eigenvalue weighted by atomic mass is 10.2. The fraction of sp³-hybridized carbons (Fsp3) is 0.333.